The number of ketones is 1. The van der Waals surface area contributed by atoms with E-state index in [1.165, 1.54) is 0 Å². The first-order chi connectivity index (χ1) is 21.0. The molecule has 228 valence electrons. The molecule has 8 bridgehead atoms. The summed E-state index contributed by atoms with van der Waals surface area (Å²) < 4.78 is 0. The van der Waals surface area contributed by atoms with E-state index in [-0.39, 0.29) is 53.3 Å². The Hall–Kier alpha value is -4.22. The van der Waals surface area contributed by atoms with Crippen LogP contribution in [0.2, 0.25) is 0 Å². The number of aliphatic hydroxyl groups excluding tert-OH is 1. The Morgan fingerprint density at radius 1 is 1.00 bits per heavy atom. The molecule has 0 aromatic carbocycles. The number of carbonyl (C=O) groups excluding carboxylic acids is 1. The van der Waals surface area contributed by atoms with Gasteiger partial charge in [0.25, 0.3) is 0 Å². The van der Waals surface area contributed by atoms with Crippen LogP contribution >= 0.6 is 0 Å². The van der Waals surface area contributed by atoms with Crippen molar-refractivity contribution in [1.82, 2.24) is 15.0 Å². The van der Waals surface area contributed by atoms with Crippen molar-refractivity contribution in [2.24, 2.45) is 17.8 Å². The minimum Gasteiger partial charge on any atom is -0.681 e. The molecule has 2 aliphatic heterocycles. The average molecular weight is 617 g/mol. The van der Waals surface area contributed by atoms with Crippen molar-refractivity contribution < 1.29 is 29.7 Å². The molecule has 1 unspecified atom stereocenters. The number of aliphatic carboxylic acids is 2. The van der Waals surface area contributed by atoms with Gasteiger partial charge in [-0.05, 0) is 49.3 Å². The number of allylic oxidation sites excluding steroid dienone is 1. The number of nitrogens with zero attached hydrogens (tertiary/aromatic N) is 4. The van der Waals surface area contributed by atoms with E-state index in [2.05, 4.69) is 6.58 Å². The summed E-state index contributed by atoms with van der Waals surface area (Å²) in [5.41, 5.74) is 5.98. The quantitative estimate of drug-likeness (QED) is 0.272. The number of hydrogen-bond acceptors (Lipinski definition) is 4. The summed E-state index contributed by atoms with van der Waals surface area (Å²) >= 11 is 0. The topological polar surface area (TPSA) is 168 Å². The molecular weight excluding hydrogens is 585 g/mol. The molecule has 1 aliphatic carbocycles. The summed E-state index contributed by atoms with van der Waals surface area (Å²) in [6, 6.07) is -0.762. The van der Waals surface area contributed by atoms with Crippen molar-refractivity contribution in [3.8, 4) is 0 Å². The van der Waals surface area contributed by atoms with Gasteiger partial charge in [0.1, 0.15) is 5.92 Å². The first kappa shape index (κ1) is 32.2. The summed E-state index contributed by atoms with van der Waals surface area (Å²) in [5, 5.41) is 36.9. The standard InChI is InChI=1S/C34H32N4O6.Mg/c1-6-17-14(3)21-10-22-15(4)19(8-9-27(40)41)31(37-22)29-30(34(43)44)33(42)28-16(5)23(38-32(28)29)11-25-18(7-2)20(13-39)26(36-25)12-24(17)35-21;/h6,10-13,15,19,30-31H,1,7-9H2,2-5H3,(H,39,42)(H,40,41)(H,43,44);/q-4;+2/b22-10-,26-12-;/t15-,19-,30+,31?;/m0./s1. The molecule has 11 heteroatoms. The monoisotopic (exact) mass is 616 g/mol. The molecule has 45 heavy (non-hydrogen) atoms. The second-order valence-corrected chi connectivity index (χ2v) is 11.6. The van der Waals surface area contributed by atoms with Crippen molar-refractivity contribution in [3.05, 3.63) is 83.8 Å². The van der Waals surface area contributed by atoms with Gasteiger partial charge in [0, 0.05) is 12.0 Å². The normalized spacial score (nSPS) is 24.5. The third-order valence-electron chi connectivity index (χ3n) is 9.36. The summed E-state index contributed by atoms with van der Waals surface area (Å²) in [7, 11) is 0. The number of aliphatic hydroxyl groups is 1. The first-order valence-corrected chi connectivity index (χ1v) is 14.6. The largest absolute Gasteiger partial charge is 2.00 e. The third kappa shape index (κ3) is 4.98. The maximum absolute atomic E-state index is 13.8. The van der Waals surface area contributed by atoms with Gasteiger partial charge in [0.15, 0.2) is 5.78 Å². The molecule has 3 aromatic rings. The van der Waals surface area contributed by atoms with E-state index in [1.54, 1.807) is 19.1 Å². The average Bonchev–Trinajstić information content (AvgIpc) is 3.72. The van der Waals surface area contributed by atoms with Gasteiger partial charge in [0.05, 0.1) is 6.26 Å². The third-order valence-corrected chi connectivity index (χ3v) is 9.36. The number of carbonyl (C=O) groups is 3. The van der Waals surface area contributed by atoms with Crippen LogP contribution in [-0.2, 0) is 16.0 Å². The molecule has 10 nitrogen and oxygen atoms in total. The second-order valence-electron chi connectivity index (χ2n) is 11.6. The van der Waals surface area contributed by atoms with E-state index in [9.17, 15) is 29.7 Å². The second kappa shape index (κ2) is 11.9. The van der Waals surface area contributed by atoms with Crippen molar-refractivity contribution >= 4 is 76.9 Å². The van der Waals surface area contributed by atoms with Crippen LogP contribution in [0.25, 0.3) is 41.5 Å². The van der Waals surface area contributed by atoms with Crippen molar-refractivity contribution in [3.63, 3.8) is 0 Å². The fourth-order valence-electron chi connectivity index (χ4n) is 7.03. The fourth-order valence-corrected chi connectivity index (χ4v) is 7.03. The molecule has 3 aliphatic rings. The molecule has 0 amide bonds. The van der Waals surface area contributed by atoms with Crippen LogP contribution in [0.4, 0.5) is 0 Å². The van der Waals surface area contributed by atoms with E-state index in [4.69, 9.17) is 20.3 Å². The van der Waals surface area contributed by atoms with E-state index in [0.717, 1.165) is 23.0 Å². The van der Waals surface area contributed by atoms with Crippen LogP contribution in [0.15, 0.2) is 12.3 Å². The van der Waals surface area contributed by atoms with Gasteiger partial charge in [-0.25, -0.2) is 0 Å². The predicted molar refractivity (Wildman–Crippen MR) is 170 cm³/mol. The molecule has 3 N–H and O–H groups in total. The van der Waals surface area contributed by atoms with Crippen molar-refractivity contribution in [2.75, 3.05) is 0 Å². The summed E-state index contributed by atoms with van der Waals surface area (Å²) in [4.78, 5) is 52.6. The van der Waals surface area contributed by atoms with Gasteiger partial charge in [-0.3, -0.25) is 14.4 Å². The van der Waals surface area contributed by atoms with Crippen LogP contribution in [0.1, 0.15) is 76.4 Å². The number of aromatic nitrogens is 3. The van der Waals surface area contributed by atoms with Crippen LogP contribution in [0, 0.1) is 31.6 Å². The molecule has 1 saturated heterocycles. The zero-order chi connectivity index (χ0) is 31.6. The van der Waals surface area contributed by atoms with Gasteiger partial charge in [-0.1, -0.05) is 73.0 Å². The smallest absolute Gasteiger partial charge is 0.681 e. The summed E-state index contributed by atoms with van der Waals surface area (Å²) in [5.74, 6) is -4.90. The molecule has 0 spiro atoms. The number of carboxylic acid groups (broad SMARTS) is 2. The van der Waals surface area contributed by atoms with Crippen LogP contribution in [-0.4, -0.2) is 62.1 Å². The Bertz CT molecular complexity index is 2060. The Balaban J connectivity index is 0.00000400. The fraction of sp³-hybridized carbons (Fsp3) is 0.324. The van der Waals surface area contributed by atoms with Crippen molar-refractivity contribution in [1.29, 1.82) is 0 Å². The molecular formula is C34H32MgN4O6-2. The number of Topliss-reactive ketones (excluding diaryl/α,β-unsaturated/α-hetero) is 1. The number of hydrogen-bond donors (Lipinski definition) is 3. The van der Waals surface area contributed by atoms with E-state index < -0.39 is 29.7 Å². The zero-order valence-corrected chi connectivity index (χ0v) is 27.0. The van der Waals surface area contributed by atoms with Crippen LogP contribution < -0.4 is 36.2 Å². The van der Waals surface area contributed by atoms with Gasteiger partial charge in [-0.2, -0.15) is 5.70 Å². The Morgan fingerprint density at radius 3 is 2.33 bits per heavy atom. The molecule has 1 fully saturated rings. The van der Waals surface area contributed by atoms with Gasteiger partial charge in [-0.15, -0.1) is 33.1 Å². The molecule has 5 heterocycles. The summed E-state index contributed by atoms with van der Waals surface area (Å²) in [6.07, 6.45) is 8.83. The van der Waals surface area contributed by atoms with Crippen LogP contribution in [0.5, 0.6) is 0 Å². The van der Waals surface area contributed by atoms with E-state index >= 15 is 0 Å². The maximum atomic E-state index is 13.8. The summed E-state index contributed by atoms with van der Waals surface area (Å²) in [6.45, 7) is 11.5. The van der Waals surface area contributed by atoms with E-state index in [1.807, 2.05) is 32.9 Å². The van der Waals surface area contributed by atoms with Crippen molar-refractivity contribution in [2.45, 2.75) is 53.0 Å². The zero-order valence-electron chi connectivity index (χ0n) is 25.6. The van der Waals surface area contributed by atoms with E-state index in [0.29, 0.717) is 61.6 Å². The molecule has 0 saturated carbocycles. The minimum atomic E-state index is -1.47. The molecule has 6 rings (SSSR count). The maximum Gasteiger partial charge on any atom is 2.00 e. The number of carboxylic acids is 2. The molecule has 3 aromatic heterocycles. The Kier molecular flexibility index (Phi) is 8.54. The minimum absolute atomic E-state index is 0. The SMILES string of the molecule is C=Cc1c2[n-]c(c1C)/C=C1\[N-]C(C3=c4[n-]/c(c(C)c4C(=O)[C@@H]3C(=O)O)=C\c3[n-]c(/c(=C\O)c3CC)=C\2)[C@@H](CCC(=O)O)[C@@H]1C.[Mg+2]. The predicted octanol–water partition coefficient (Wildman–Crippen LogP) is 1.23. The van der Waals surface area contributed by atoms with Crippen LogP contribution in [0.3, 0.4) is 0 Å². The first-order valence-electron chi connectivity index (χ1n) is 14.6. The Morgan fingerprint density at radius 2 is 1.71 bits per heavy atom. The Labute approximate surface area is 275 Å². The number of fused-ring (bicyclic) bond motifs is 8. The van der Waals surface area contributed by atoms with Gasteiger partial charge < -0.3 is 35.6 Å². The van der Waals surface area contributed by atoms with Gasteiger partial charge >= 0.3 is 35.0 Å². The molecule has 4 atom stereocenters. The molecule has 0 radical (unpaired) electrons. The number of rotatable bonds is 6. The van der Waals surface area contributed by atoms with Gasteiger partial charge in [0.2, 0.25) is 0 Å².